The van der Waals surface area contributed by atoms with Crippen LogP contribution in [0.15, 0.2) is 97.7 Å². The quantitative estimate of drug-likeness (QED) is 0.138. The molecular weight excluding hydrogens is 901 g/mol. The van der Waals surface area contributed by atoms with E-state index in [2.05, 4.69) is 6.58 Å². The number of ether oxygens (including phenoxy) is 5. The second-order valence-corrected chi connectivity index (χ2v) is 18.5. The fourth-order valence-corrected chi connectivity index (χ4v) is 8.35. The van der Waals surface area contributed by atoms with Gasteiger partial charge in [0.15, 0.2) is 12.1 Å². The van der Waals surface area contributed by atoms with E-state index in [1.807, 2.05) is 31.2 Å². The summed E-state index contributed by atoms with van der Waals surface area (Å²) in [4.78, 5) is 26.1. The third-order valence-electron chi connectivity index (χ3n) is 12.8. The van der Waals surface area contributed by atoms with Gasteiger partial charge in [-0.2, -0.15) is 0 Å². The minimum absolute atomic E-state index is 0.136. The second kappa shape index (κ2) is 29.6. The number of aliphatic hydroxyl groups excluding tert-OH is 10. The molecule has 2 bridgehead atoms. The van der Waals surface area contributed by atoms with Gasteiger partial charge >= 0.3 is 11.9 Å². The molecule has 0 aromatic heterocycles. The van der Waals surface area contributed by atoms with Gasteiger partial charge in [0.05, 0.1) is 67.5 Å². The number of fused-ring (bicyclic) bond motifs is 2. The number of hydrogen-bond donors (Lipinski definition) is 11. The van der Waals surface area contributed by atoms with Gasteiger partial charge in [-0.3, -0.25) is 9.59 Å². The van der Waals surface area contributed by atoms with Crippen LogP contribution < -0.4 is 0 Å². The Balaban J connectivity index is 1.94. The lowest BCUT2D eigenvalue weighted by atomic mass is 9.80. The molecule has 2 fully saturated rings. The van der Waals surface area contributed by atoms with Gasteiger partial charge in [0.25, 0.3) is 0 Å². The molecule has 20 unspecified atom stereocenters. The average Bonchev–Trinajstić information content (AvgIpc) is 3.29. The van der Waals surface area contributed by atoms with Crippen LogP contribution in [0.3, 0.4) is 0 Å². The highest BCUT2D eigenvalue weighted by molar-refractivity contribution is 5.74. The number of hydrogen-bond acceptors (Lipinski definition) is 18. The van der Waals surface area contributed by atoms with E-state index >= 15 is 0 Å². The van der Waals surface area contributed by atoms with Crippen molar-refractivity contribution in [2.45, 2.75) is 177 Å². The summed E-state index contributed by atoms with van der Waals surface area (Å²) >= 11 is 0. The van der Waals surface area contributed by atoms with E-state index in [1.165, 1.54) is 6.08 Å². The van der Waals surface area contributed by atoms with Crippen LogP contribution >= 0.6 is 0 Å². The van der Waals surface area contributed by atoms with E-state index in [-0.39, 0.29) is 38.2 Å². The van der Waals surface area contributed by atoms with Crippen LogP contribution in [-0.4, -0.2) is 172 Å². The second-order valence-electron chi connectivity index (χ2n) is 18.5. The highest BCUT2D eigenvalue weighted by Gasteiger charge is 2.57. The van der Waals surface area contributed by atoms with Gasteiger partial charge in [0.1, 0.15) is 36.9 Å². The minimum atomic E-state index is -2.76. The first-order valence-electron chi connectivity index (χ1n) is 23.8. The number of carbonyl (C=O) groups excluding carboxylic acids is 2. The van der Waals surface area contributed by atoms with Crippen molar-refractivity contribution in [1.82, 2.24) is 0 Å². The molecule has 0 spiro atoms. The Bertz CT molecular complexity index is 1780. The summed E-state index contributed by atoms with van der Waals surface area (Å²) in [5, 5.41) is 121. The molecule has 0 aromatic rings. The Labute approximate surface area is 405 Å². The predicted octanol–water partition coefficient (Wildman–Crippen LogP) is 1.64. The Kier molecular flexibility index (Phi) is 25.6. The Morgan fingerprint density at radius 3 is 1.86 bits per heavy atom. The van der Waals surface area contributed by atoms with Gasteiger partial charge < -0.3 is 79.9 Å². The minimum Gasteiger partial charge on any atom is -0.462 e. The molecule has 3 rings (SSSR count). The molecule has 18 heteroatoms. The van der Waals surface area contributed by atoms with Gasteiger partial charge in [-0.15, -0.1) is 0 Å². The van der Waals surface area contributed by atoms with Gasteiger partial charge in [0, 0.05) is 37.0 Å². The molecular formula is C51H78O18. The van der Waals surface area contributed by atoms with Crippen LogP contribution in [0.5, 0.6) is 0 Å². The lowest BCUT2D eigenvalue weighted by Crippen LogP contribution is -2.65. The van der Waals surface area contributed by atoms with Gasteiger partial charge in [-0.1, -0.05) is 118 Å². The number of esters is 2. The van der Waals surface area contributed by atoms with Crippen LogP contribution in [0, 0.1) is 23.7 Å². The van der Waals surface area contributed by atoms with Crippen molar-refractivity contribution in [2.75, 3.05) is 6.61 Å². The van der Waals surface area contributed by atoms with Crippen LogP contribution in [-0.2, 0) is 33.3 Å². The van der Waals surface area contributed by atoms with E-state index in [1.54, 1.807) is 88.5 Å². The normalized spacial score (nSPS) is 44.5. The zero-order chi connectivity index (χ0) is 51.4. The lowest BCUT2D eigenvalue weighted by Gasteiger charge is -2.48. The van der Waals surface area contributed by atoms with Gasteiger partial charge in [0.2, 0.25) is 0 Å². The summed E-state index contributed by atoms with van der Waals surface area (Å²) in [6.45, 7) is 11.7. The van der Waals surface area contributed by atoms with Crippen molar-refractivity contribution in [2.24, 2.45) is 23.7 Å². The maximum Gasteiger partial charge on any atom is 0.314 e. The highest BCUT2D eigenvalue weighted by atomic mass is 16.7. The number of rotatable bonds is 5. The maximum absolute atomic E-state index is 13.4. The van der Waals surface area contributed by atoms with Gasteiger partial charge in [-0.25, -0.2) is 0 Å². The fourth-order valence-electron chi connectivity index (χ4n) is 8.35. The Morgan fingerprint density at radius 1 is 0.681 bits per heavy atom. The fraction of sp³-hybridized carbons (Fsp3) is 0.647. The molecule has 3 heterocycles. The molecule has 69 heavy (non-hydrogen) atoms. The van der Waals surface area contributed by atoms with Crippen LogP contribution in [0.2, 0.25) is 0 Å². The van der Waals surface area contributed by atoms with Crippen molar-refractivity contribution in [1.29, 1.82) is 0 Å². The van der Waals surface area contributed by atoms with Crippen LogP contribution in [0.25, 0.3) is 0 Å². The topological polar surface area (TPSA) is 303 Å². The van der Waals surface area contributed by atoms with E-state index in [0.29, 0.717) is 0 Å². The molecule has 18 nitrogen and oxygen atoms in total. The Morgan fingerprint density at radius 2 is 1.26 bits per heavy atom. The molecule has 0 radical (unpaired) electrons. The summed E-state index contributed by atoms with van der Waals surface area (Å²) < 4.78 is 28.7. The molecule has 2 saturated heterocycles. The average molecular weight is 979 g/mol. The third-order valence-corrected chi connectivity index (χ3v) is 12.8. The van der Waals surface area contributed by atoms with E-state index in [9.17, 15) is 65.8 Å². The van der Waals surface area contributed by atoms with Crippen molar-refractivity contribution in [3.8, 4) is 0 Å². The first-order chi connectivity index (χ1) is 32.6. The molecule has 0 aliphatic carbocycles. The van der Waals surface area contributed by atoms with E-state index in [4.69, 9.17) is 23.7 Å². The third kappa shape index (κ3) is 19.1. The SMILES string of the molecule is C=CCOC(=O)C1C2CC(OC3OC(C)C(O)C(C)C3O)/C=C/C=C/C=C/C=C/C=C/C=C/C=C/C(C)C(O)C(C)C(C)OC(=O)CC(O)CC(O)CCC(O)C(O)CC(O)CC(O)(O2)C(O)C1O. The van der Waals surface area contributed by atoms with Crippen LogP contribution in [0.1, 0.15) is 79.6 Å². The van der Waals surface area contributed by atoms with E-state index in [0.717, 1.165) is 0 Å². The summed E-state index contributed by atoms with van der Waals surface area (Å²) in [5.41, 5.74) is 0. The number of carbonyl (C=O) groups is 2. The van der Waals surface area contributed by atoms with E-state index < -0.39 is 146 Å². The molecule has 0 amide bonds. The largest absolute Gasteiger partial charge is 0.462 e. The maximum atomic E-state index is 13.4. The smallest absolute Gasteiger partial charge is 0.314 e. The molecule has 3 aliphatic rings. The molecule has 390 valence electrons. The van der Waals surface area contributed by atoms with Crippen molar-refractivity contribution < 1.29 is 89.4 Å². The summed E-state index contributed by atoms with van der Waals surface area (Å²) in [7, 11) is 0. The number of aliphatic hydroxyl groups is 11. The zero-order valence-corrected chi connectivity index (χ0v) is 40.3. The first-order valence-corrected chi connectivity index (χ1v) is 23.8. The highest BCUT2D eigenvalue weighted by Crippen LogP contribution is 2.39. The molecule has 20 atom stereocenters. The Hall–Kier alpha value is -3.70. The van der Waals surface area contributed by atoms with Gasteiger partial charge in [-0.05, 0) is 33.1 Å². The van der Waals surface area contributed by atoms with Crippen molar-refractivity contribution in [3.63, 3.8) is 0 Å². The molecule has 11 N–H and O–H groups in total. The summed E-state index contributed by atoms with van der Waals surface area (Å²) in [6.07, 6.45) is 2.70. The molecule has 0 aromatic carbocycles. The number of cyclic esters (lactones) is 1. The van der Waals surface area contributed by atoms with Crippen LogP contribution in [0.4, 0.5) is 0 Å². The monoisotopic (exact) mass is 979 g/mol. The summed E-state index contributed by atoms with van der Waals surface area (Å²) in [5.74, 6) is -7.59. The molecule has 3 aliphatic heterocycles. The summed E-state index contributed by atoms with van der Waals surface area (Å²) in [6, 6.07) is 0. The zero-order valence-electron chi connectivity index (χ0n) is 40.3. The predicted molar refractivity (Wildman–Crippen MR) is 253 cm³/mol. The lowest BCUT2D eigenvalue weighted by molar-refractivity contribution is -0.348. The van der Waals surface area contributed by atoms with Crippen molar-refractivity contribution >= 4 is 11.9 Å². The molecule has 0 saturated carbocycles. The first kappa shape index (κ1) is 59.6. The van der Waals surface area contributed by atoms with Crippen molar-refractivity contribution in [3.05, 3.63) is 97.7 Å². The number of allylic oxidation sites excluding steroid dienone is 12. The standard InChI is InChI=1S/C51H78O18/c1-7-24-65-49(63)43-41-28-38(68-50-46(60)32(4)45(59)34(6)67-50)21-19-17-15-13-11-9-8-10-12-14-16-18-20-30(2)44(58)31(3)33(5)66-42(57)27-36(53)25-35(52)22-23-39(55)40(56)26-37(54)29-51(64,69-41)48(62)47(43)61/h7-21,30-41,43-48,50,52-56,58-62,64H,1,22-29H2,2-6H3/b9-8+,12-10+,13-11+,16-14+,17-15+,20-18+,21-19+.